The van der Waals surface area contributed by atoms with Gasteiger partial charge in [-0.15, -0.1) is 0 Å². The summed E-state index contributed by atoms with van der Waals surface area (Å²) in [6.45, 7) is 8.28. The van der Waals surface area contributed by atoms with Crippen LogP contribution in [0.15, 0.2) is 28.8 Å². The molecule has 0 unspecified atom stereocenters. The highest BCUT2D eigenvalue weighted by Crippen LogP contribution is 2.25. The van der Waals surface area contributed by atoms with Crippen LogP contribution in [0, 0.1) is 19.8 Å². The fraction of sp³-hybridized carbons (Fsp3) is 0.368. The van der Waals surface area contributed by atoms with Gasteiger partial charge in [0.25, 0.3) is 5.89 Å². The Hall–Kier alpha value is -2.76. The summed E-state index contributed by atoms with van der Waals surface area (Å²) in [6, 6.07) is 7.85. The first-order chi connectivity index (χ1) is 11.9. The molecule has 25 heavy (non-hydrogen) atoms. The normalized spacial score (nSPS) is 11.1. The largest absolute Gasteiger partial charge is 0.373 e. The highest BCUT2D eigenvalue weighted by Gasteiger charge is 2.14. The highest BCUT2D eigenvalue weighted by molar-refractivity contribution is 5.63. The Labute approximate surface area is 147 Å². The lowest BCUT2D eigenvalue weighted by Gasteiger charge is -2.06. The van der Waals surface area contributed by atoms with Gasteiger partial charge in [0.05, 0.1) is 0 Å². The van der Waals surface area contributed by atoms with Crippen LogP contribution in [0.1, 0.15) is 30.9 Å². The summed E-state index contributed by atoms with van der Waals surface area (Å²) >= 11 is 0. The van der Waals surface area contributed by atoms with E-state index in [1.807, 2.05) is 45.2 Å². The van der Waals surface area contributed by atoms with Gasteiger partial charge in [0, 0.05) is 35.3 Å². The van der Waals surface area contributed by atoms with Gasteiger partial charge in [-0.1, -0.05) is 19.0 Å². The van der Waals surface area contributed by atoms with Crippen LogP contribution in [0.2, 0.25) is 0 Å². The molecule has 0 saturated carbocycles. The number of hydrogen-bond donors (Lipinski definition) is 1. The second-order valence-corrected chi connectivity index (χ2v) is 6.64. The molecule has 3 rings (SSSR count). The third-order valence-electron chi connectivity index (χ3n) is 3.76. The van der Waals surface area contributed by atoms with Gasteiger partial charge >= 0.3 is 0 Å². The molecule has 0 bridgehead atoms. The molecule has 130 valence electrons. The third-order valence-corrected chi connectivity index (χ3v) is 3.76. The summed E-state index contributed by atoms with van der Waals surface area (Å²) in [5.74, 6) is 2.38. The van der Waals surface area contributed by atoms with Gasteiger partial charge in [-0.2, -0.15) is 4.98 Å². The molecule has 0 spiro atoms. The maximum Gasteiger partial charge on any atom is 0.258 e. The van der Waals surface area contributed by atoms with E-state index in [0.29, 0.717) is 17.6 Å². The first-order valence-corrected chi connectivity index (χ1v) is 8.43. The maximum absolute atomic E-state index is 5.50. The summed E-state index contributed by atoms with van der Waals surface area (Å²) in [6.07, 6.45) is 0.921. The average Bonchev–Trinajstić information content (AvgIpc) is 3.03. The molecular weight excluding hydrogens is 314 g/mol. The van der Waals surface area contributed by atoms with Gasteiger partial charge < -0.3 is 9.84 Å². The molecule has 0 aliphatic carbocycles. The van der Waals surface area contributed by atoms with Gasteiger partial charge in [0.15, 0.2) is 0 Å². The number of nitrogens with one attached hydrogen (secondary N) is 1. The Kier molecular flexibility index (Phi) is 4.79. The zero-order chi connectivity index (χ0) is 18.0. The number of rotatable bonds is 5. The van der Waals surface area contributed by atoms with E-state index < -0.39 is 0 Å². The summed E-state index contributed by atoms with van der Waals surface area (Å²) in [7, 11) is 1.84. The molecule has 0 saturated heterocycles. The van der Waals surface area contributed by atoms with Crippen LogP contribution in [0.25, 0.3) is 22.8 Å². The smallest absolute Gasteiger partial charge is 0.258 e. The van der Waals surface area contributed by atoms with Crippen molar-refractivity contribution in [2.24, 2.45) is 5.92 Å². The minimum atomic E-state index is 0.506. The van der Waals surface area contributed by atoms with Gasteiger partial charge in [0.1, 0.15) is 5.82 Å². The van der Waals surface area contributed by atoms with Gasteiger partial charge in [-0.25, -0.2) is 4.98 Å². The Bertz CT molecular complexity index is 885. The fourth-order valence-electron chi connectivity index (χ4n) is 2.77. The average molecular weight is 337 g/mol. The lowest BCUT2D eigenvalue weighted by molar-refractivity contribution is 0.432. The van der Waals surface area contributed by atoms with Crippen molar-refractivity contribution in [1.82, 2.24) is 20.1 Å². The predicted molar refractivity (Wildman–Crippen MR) is 98.3 cm³/mol. The van der Waals surface area contributed by atoms with Crippen molar-refractivity contribution in [1.29, 1.82) is 0 Å². The van der Waals surface area contributed by atoms with Crippen molar-refractivity contribution in [3.8, 4) is 22.8 Å². The van der Waals surface area contributed by atoms with E-state index in [-0.39, 0.29) is 0 Å². The molecule has 6 heteroatoms. The SMILES string of the molecule is CNc1cc(-c2noc(-c3cc(C)nc(CC(C)C)c3)n2)cc(C)n1. The van der Waals surface area contributed by atoms with Crippen LogP contribution >= 0.6 is 0 Å². The van der Waals surface area contributed by atoms with Crippen molar-refractivity contribution >= 4 is 5.82 Å². The molecule has 0 aliphatic heterocycles. The van der Waals surface area contributed by atoms with Crippen LogP contribution < -0.4 is 5.32 Å². The van der Waals surface area contributed by atoms with E-state index in [1.54, 1.807) is 0 Å². The quantitative estimate of drug-likeness (QED) is 0.757. The molecule has 3 aromatic rings. The number of pyridine rings is 2. The summed E-state index contributed by atoms with van der Waals surface area (Å²) in [4.78, 5) is 13.5. The molecule has 6 nitrogen and oxygen atoms in total. The molecule has 0 amide bonds. The van der Waals surface area contributed by atoms with E-state index in [4.69, 9.17) is 4.52 Å². The molecule has 3 aromatic heterocycles. The Morgan fingerprint density at radius 1 is 0.960 bits per heavy atom. The van der Waals surface area contributed by atoms with Gasteiger partial charge in [-0.05, 0) is 50.5 Å². The zero-order valence-electron chi connectivity index (χ0n) is 15.3. The Balaban J connectivity index is 1.96. The Morgan fingerprint density at radius 2 is 1.68 bits per heavy atom. The van der Waals surface area contributed by atoms with Crippen LogP contribution in [0.4, 0.5) is 5.82 Å². The first kappa shape index (κ1) is 17.1. The highest BCUT2D eigenvalue weighted by atomic mass is 16.5. The van der Waals surface area contributed by atoms with E-state index in [0.717, 1.165) is 40.4 Å². The number of nitrogens with zero attached hydrogens (tertiary/aromatic N) is 4. The molecule has 3 heterocycles. The van der Waals surface area contributed by atoms with Gasteiger partial charge in [0.2, 0.25) is 5.82 Å². The summed E-state index contributed by atoms with van der Waals surface area (Å²) in [5, 5.41) is 7.18. The standard InChI is InChI=1S/C19H23N5O/c1-11(2)6-16-9-15(8-12(3)21-16)19-23-18(24-25-19)14-7-13(4)22-17(10-14)20-5/h7-11H,6H2,1-5H3,(H,20,22). The second kappa shape index (κ2) is 7.01. The van der Waals surface area contributed by atoms with E-state index in [1.165, 1.54) is 0 Å². The van der Waals surface area contributed by atoms with Crippen molar-refractivity contribution < 1.29 is 4.52 Å². The minimum absolute atomic E-state index is 0.506. The number of hydrogen-bond acceptors (Lipinski definition) is 6. The van der Waals surface area contributed by atoms with E-state index in [9.17, 15) is 0 Å². The van der Waals surface area contributed by atoms with Crippen LogP contribution in [-0.2, 0) is 6.42 Å². The van der Waals surface area contributed by atoms with Crippen LogP contribution in [0.5, 0.6) is 0 Å². The maximum atomic E-state index is 5.50. The molecule has 1 N–H and O–H groups in total. The van der Waals surface area contributed by atoms with E-state index in [2.05, 4.69) is 39.3 Å². The van der Waals surface area contributed by atoms with Crippen LogP contribution in [0.3, 0.4) is 0 Å². The topological polar surface area (TPSA) is 76.7 Å². The van der Waals surface area contributed by atoms with Crippen molar-refractivity contribution in [3.05, 3.63) is 41.3 Å². The van der Waals surface area contributed by atoms with Gasteiger partial charge in [-0.3, -0.25) is 4.98 Å². The monoisotopic (exact) mass is 337 g/mol. The van der Waals surface area contributed by atoms with Crippen molar-refractivity contribution in [2.45, 2.75) is 34.1 Å². The predicted octanol–water partition coefficient (Wildman–Crippen LogP) is 4.05. The number of anilines is 1. The number of aromatic nitrogens is 4. The van der Waals surface area contributed by atoms with Crippen molar-refractivity contribution in [2.75, 3.05) is 12.4 Å². The summed E-state index contributed by atoms with van der Waals surface area (Å²) < 4.78 is 5.50. The zero-order valence-corrected chi connectivity index (χ0v) is 15.3. The molecule has 0 aliphatic rings. The third kappa shape index (κ3) is 4.02. The lowest BCUT2D eigenvalue weighted by Crippen LogP contribution is -1.99. The molecule has 0 aromatic carbocycles. The number of aryl methyl sites for hydroxylation is 2. The first-order valence-electron chi connectivity index (χ1n) is 8.43. The molecule has 0 atom stereocenters. The Morgan fingerprint density at radius 3 is 2.40 bits per heavy atom. The fourth-order valence-corrected chi connectivity index (χ4v) is 2.77. The van der Waals surface area contributed by atoms with E-state index >= 15 is 0 Å². The van der Waals surface area contributed by atoms with Crippen molar-refractivity contribution in [3.63, 3.8) is 0 Å². The summed E-state index contributed by atoms with van der Waals surface area (Å²) in [5.41, 5.74) is 4.67. The molecule has 0 fully saturated rings. The van der Waals surface area contributed by atoms with Crippen LogP contribution in [-0.4, -0.2) is 27.2 Å². The molecular formula is C19H23N5O. The molecule has 0 radical (unpaired) electrons. The second-order valence-electron chi connectivity index (χ2n) is 6.64. The lowest BCUT2D eigenvalue weighted by atomic mass is 10.1. The minimum Gasteiger partial charge on any atom is -0.373 e.